The first-order valence-corrected chi connectivity index (χ1v) is 7.18. The molecule has 0 saturated carbocycles. The lowest BCUT2D eigenvalue weighted by molar-refractivity contribution is -0.152. The summed E-state index contributed by atoms with van der Waals surface area (Å²) in [6.07, 6.45) is 1.45. The Morgan fingerprint density at radius 2 is 1.75 bits per heavy atom. The second kappa shape index (κ2) is 6.26. The Balaban J connectivity index is 2.74. The van der Waals surface area contributed by atoms with Crippen LogP contribution in [0.25, 0.3) is 11.3 Å². The van der Waals surface area contributed by atoms with Gasteiger partial charge in [-0.25, -0.2) is 13.6 Å². The van der Waals surface area contributed by atoms with Crippen molar-refractivity contribution in [1.29, 1.82) is 0 Å². The molecule has 0 bridgehead atoms. The van der Waals surface area contributed by atoms with E-state index < -0.39 is 40.6 Å². The van der Waals surface area contributed by atoms with Crippen molar-refractivity contribution in [3.8, 4) is 11.3 Å². The number of nitrogens with zero attached hydrogens (tertiary/aromatic N) is 2. The van der Waals surface area contributed by atoms with Crippen molar-refractivity contribution in [3.63, 3.8) is 0 Å². The summed E-state index contributed by atoms with van der Waals surface area (Å²) in [5.41, 5.74) is -1.93. The van der Waals surface area contributed by atoms with Crippen LogP contribution >= 0.6 is 0 Å². The van der Waals surface area contributed by atoms with E-state index in [2.05, 4.69) is 4.98 Å². The molecule has 0 aliphatic carbocycles. The van der Waals surface area contributed by atoms with E-state index in [9.17, 15) is 22.4 Å². The third-order valence-corrected chi connectivity index (χ3v) is 3.59. The number of hydrogen-bond donors (Lipinski definition) is 0. The lowest BCUT2D eigenvalue weighted by atomic mass is 10.0. The standard InChI is InChI=1S/C16H16F4N2O2/c1-5-24-15(23)16(3,4)22-7-8(2)6-9(22)10-11(17)13(19)21-14(20)12(10)18/h6-7H,5H2,1-4H3. The molecular formula is C16H16F4N2O2. The molecular weight excluding hydrogens is 328 g/mol. The topological polar surface area (TPSA) is 44.1 Å². The maximum Gasteiger partial charge on any atom is 0.331 e. The Morgan fingerprint density at radius 1 is 1.21 bits per heavy atom. The van der Waals surface area contributed by atoms with Gasteiger partial charge < -0.3 is 9.30 Å². The molecule has 0 aliphatic rings. The highest BCUT2D eigenvalue weighted by atomic mass is 19.2. The highest BCUT2D eigenvalue weighted by Gasteiger charge is 2.35. The molecule has 4 nitrogen and oxygen atoms in total. The fourth-order valence-electron chi connectivity index (χ4n) is 2.37. The molecule has 2 rings (SSSR count). The molecule has 0 radical (unpaired) electrons. The normalized spacial score (nSPS) is 11.7. The maximum atomic E-state index is 14.1. The van der Waals surface area contributed by atoms with E-state index in [0.717, 1.165) is 0 Å². The van der Waals surface area contributed by atoms with Crippen molar-refractivity contribution in [2.24, 2.45) is 0 Å². The van der Waals surface area contributed by atoms with Gasteiger partial charge in [0.1, 0.15) is 5.54 Å². The maximum absolute atomic E-state index is 14.1. The van der Waals surface area contributed by atoms with E-state index in [4.69, 9.17) is 4.74 Å². The number of hydrogen-bond acceptors (Lipinski definition) is 3. The van der Waals surface area contributed by atoms with Crippen LogP contribution in [0.5, 0.6) is 0 Å². The summed E-state index contributed by atoms with van der Waals surface area (Å²) in [4.78, 5) is 14.7. The van der Waals surface area contributed by atoms with E-state index in [1.165, 1.54) is 30.7 Å². The van der Waals surface area contributed by atoms with Crippen molar-refractivity contribution in [3.05, 3.63) is 41.4 Å². The highest BCUT2D eigenvalue weighted by Crippen LogP contribution is 2.34. The summed E-state index contributed by atoms with van der Waals surface area (Å²) in [5, 5.41) is 0. The summed E-state index contributed by atoms with van der Waals surface area (Å²) in [6.45, 7) is 6.28. The Hall–Kier alpha value is -2.38. The van der Waals surface area contributed by atoms with Crippen molar-refractivity contribution in [2.75, 3.05) is 6.61 Å². The molecule has 0 spiro atoms. The molecule has 0 fully saturated rings. The minimum Gasteiger partial charge on any atom is -0.464 e. The Labute approximate surface area is 136 Å². The molecule has 24 heavy (non-hydrogen) atoms. The minimum atomic E-state index is -1.76. The van der Waals surface area contributed by atoms with Gasteiger partial charge in [-0.05, 0) is 39.3 Å². The van der Waals surface area contributed by atoms with Gasteiger partial charge in [-0.2, -0.15) is 13.8 Å². The fraction of sp³-hybridized carbons (Fsp3) is 0.375. The number of pyridine rings is 1. The number of aromatic nitrogens is 2. The molecule has 0 unspecified atom stereocenters. The fourth-order valence-corrected chi connectivity index (χ4v) is 2.37. The van der Waals surface area contributed by atoms with Gasteiger partial charge >= 0.3 is 5.97 Å². The van der Waals surface area contributed by atoms with Crippen molar-refractivity contribution in [2.45, 2.75) is 33.2 Å². The van der Waals surface area contributed by atoms with Crippen LogP contribution in [0, 0.1) is 30.5 Å². The molecule has 2 aromatic heterocycles. The van der Waals surface area contributed by atoms with Crippen molar-refractivity contribution >= 4 is 5.97 Å². The molecule has 0 atom stereocenters. The Morgan fingerprint density at radius 3 is 2.25 bits per heavy atom. The highest BCUT2D eigenvalue weighted by molar-refractivity contribution is 5.79. The van der Waals surface area contributed by atoms with E-state index in [-0.39, 0.29) is 12.3 Å². The van der Waals surface area contributed by atoms with Gasteiger partial charge in [0.25, 0.3) is 11.9 Å². The monoisotopic (exact) mass is 344 g/mol. The van der Waals surface area contributed by atoms with E-state index in [0.29, 0.717) is 5.56 Å². The minimum absolute atomic E-state index is 0.110. The molecule has 0 aromatic carbocycles. The summed E-state index contributed by atoms with van der Waals surface area (Å²) < 4.78 is 61.2. The van der Waals surface area contributed by atoms with Crippen LogP contribution in [0.2, 0.25) is 0 Å². The molecule has 0 saturated heterocycles. The number of ether oxygens (including phenoxy) is 1. The zero-order chi connectivity index (χ0) is 18.2. The second-order valence-corrected chi connectivity index (χ2v) is 5.75. The van der Waals surface area contributed by atoms with Crippen LogP contribution in [-0.2, 0) is 15.1 Å². The lowest BCUT2D eigenvalue weighted by Gasteiger charge is -2.27. The average Bonchev–Trinajstić information content (AvgIpc) is 2.88. The van der Waals surface area contributed by atoms with Crippen LogP contribution in [0.15, 0.2) is 12.3 Å². The number of carbonyl (C=O) groups excluding carboxylic acids is 1. The van der Waals surface area contributed by atoms with Gasteiger partial charge in [-0.1, -0.05) is 0 Å². The first-order chi connectivity index (χ1) is 11.1. The zero-order valence-electron chi connectivity index (χ0n) is 13.6. The summed E-state index contributed by atoms with van der Waals surface area (Å²) in [5.74, 6) is -7.44. The third kappa shape index (κ3) is 2.88. The van der Waals surface area contributed by atoms with Crippen LogP contribution in [-0.4, -0.2) is 22.1 Å². The van der Waals surface area contributed by atoms with Gasteiger partial charge in [0.2, 0.25) is 0 Å². The van der Waals surface area contributed by atoms with Crippen LogP contribution in [0.1, 0.15) is 26.3 Å². The Kier molecular flexibility index (Phi) is 4.68. The summed E-state index contributed by atoms with van der Waals surface area (Å²) in [6, 6.07) is 1.32. The van der Waals surface area contributed by atoms with Crippen molar-refractivity contribution < 1.29 is 27.1 Å². The first-order valence-electron chi connectivity index (χ1n) is 7.18. The van der Waals surface area contributed by atoms with Gasteiger partial charge in [-0.3, -0.25) is 0 Å². The third-order valence-electron chi connectivity index (χ3n) is 3.59. The van der Waals surface area contributed by atoms with E-state index in [1.54, 1.807) is 13.8 Å². The second-order valence-electron chi connectivity index (χ2n) is 5.75. The predicted molar refractivity (Wildman–Crippen MR) is 78.2 cm³/mol. The molecule has 2 heterocycles. The summed E-state index contributed by atoms with van der Waals surface area (Å²) in [7, 11) is 0. The molecule has 8 heteroatoms. The largest absolute Gasteiger partial charge is 0.464 e. The lowest BCUT2D eigenvalue weighted by Crippen LogP contribution is -2.37. The number of rotatable bonds is 4. The van der Waals surface area contributed by atoms with Crippen LogP contribution < -0.4 is 0 Å². The van der Waals surface area contributed by atoms with Gasteiger partial charge in [-0.15, -0.1) is 0 Å². The molecule has 2 aromatic rings. The molecule has 130 valence electrons. The number of carbonyl (C=O) groups is 1. The number of aryl methyl sites for hydroxylation is 1. The van der Waals surface area contributed by atoms with Gasteiger partial charge in [0, 0.05) is 6.20 Å². The SMILES string of the molecule is CCOC(=O)C(C)(C)n1cc(C)cc1-c1c(F)c(F)nc(F)c1F. The summed E-state index contributed by atoms with van der Waals surface area (Å²) >= 11 is 0. The van der Waals surface area contributed by atoms with Gasteiger partial charge in [0.15, 0.2) is 11.6 Å². The predicted octanol–water partition coefficient (Wildman–Crippen LogP) is 3.71. The van der Waals surface area contributed by atoms with Crippen molar-refractivity contribution in [1.82, 2.24) is 9.55 Å². The number of esters is 1. The molecule has 0 aliphatic heterocycles. The molecule has 0 N–H and O–H groups in total. The van der Waals surface area contributed by atoms with Crippen LogP contribution in [0.3, 0.4) is 0 Å². The zero-order valence-corrected chi connectivity index (χ0v) is 13.6. The van der Waals surface area contributed by atoms with E-state index >= 15 is 0 Å². The average molecular weight is 344 g/mol. The Bertz CT molecular complexity index is 774. The first kappa shape index (κ1) is 18.0. The van der Waals surface area contributed by atoms with Crippen LogP contribution in [0.4, 0.5) is 17.6 Å². The number of halogens is 4. The quantitative estimate of drug-likeness (QED) is 0.482. The van der Waals surface area contributed by atoms with E-state index in [1.807, 2.05) is 0 Å². The van der Waals surface area contributed by atoms with Gasteiger partial charge in [0.05, 0.1) is 17.9 Å². The molecule has 0 amide bonds. The smallest absolute Gasteiger partial charge is 0.331 e.